The molecule has 6 rings (SSSR count). The average Bonchev–Trinajstić information content (AvgIpc) is 3.89. The molecule has 2 fully saturated rings. The summed E-state index contributed by atoms with van der Waals surface area (Å²) >= 11 is 7.84. The predicted octanol–water partition coefficient (Wildman–Crippen LogP) is 10.2. The van der Waals surface area contributed by atoms with E-state index in [-0.39, 0.29) is 71.8 Å². The predicted molar refractivity (Wildman–Crippen MR) is 260 cm³/mol. The maximum Gasteiger partial charge on any atom is 0.246 e. The van der Waals surface area contributed by atoms with E-state index < -0.39 is 23.6 Å². The van der Waals surface area contributed by atoms with Crippen LogP contribution in [0.1, 0.15) is 139 Å². The molecule has 2 heterocycles. The molecule has 1 unspecified atom stereocenters. The number of β-amino-alcohol motifs (C(OH)–C–C–N with tert-alkyl or cyclic N) is 1. The summed E-state index contributed by atoms with van der Waals surface area (Å²) < 4.78 is 6.41. The number of hydrogen-bond donors (Lipinski definition) is 3. The summed E-state index contributed by atoms with van der Waals surface area (Å²) in [4.78, 5) is 61.5. The Hall–Kier alpha value is -5.09. The van der Waals surface area contributed by atoms with E-state index in [1.54, 1.807) is 29.5 Å². The highest BCUT2D eigenvalue weighted by atomic mass is 35.5. The van der Waals surface area contributed by atoms with Gasteiger partial charge < -0.3 is 25.4 Å². The molecular formula is C53H66ClN5O6S. The van der Waals surface area contributed by atoms with Crippen LogP contribution in [0.4, 0.5) is 0 Å². The van der Waals surface area contributed by atoms with Gasteiger partial charge in [-0.15, -0.1) is 11.3 Å². The molecule has 1 saturated heterocycles. The molecular weight excluding hydrogens is 870 g/mol. The number of ketones is 1. The first kappa shape index (κ1) is 50.3. The number of hydrogen-bond acceptors (Lipinski definition) is 9. The van der Waals surface area contributed by atoms with Crippen molar-refractivity contribution in [2.75, 3.05) is 6.54 Å². The number of halogens is 1. The number of aliphatic hydroxyl groups is 1. The minimum Gasteiger partial charge on any atom is -0.489 e. The standard InChI is InChI=1S/C53H66ClN5O6S/c1-32(35-20-22-37(23-21-35)46-33(2)56-31-66-46)57-48(63)42-26-39(60)30-59(42)49(64)47(51(3,4)5)58-45(62)15-13-11-10-12-14-34-16-18-36(19-17-34)43(61)28-44-52(6,7)50(53(44,8)9)65-40-25-24-38(29-55)41(54)27-40/h16-25,27,31-32,39,42,44,47,50,60H,10-15,26,28,30H2,1-9H3,(H,57,63)(H,58,62)/t32-,39+,42?,44-,47+,50-/m0/s1. The largest absolute Gasteiger partial charge is 0.489 e. The van der Waals surface area contributed by atoms with E-state index in [1.165, 1.54) is 4.90 Å². The average molecular weight is 937 g/mol. The van der Waals surface area contributed by atoms with E-state index in [0.717, 1.165) is 52.9 Å². The van der Waals surface area contributed by atoms with Gasteiger partial charge in [0, 0.05) is 48.3 Å². The van der Waals surface area contributed by atoms with E-state index in [1.807, 2.05) is 88.7 Å². The lowest BCUT2D eigenvalue weighted by Crippen LogP contribution is -2.66. The first-order valence-electron chi connectivity index (χ1n) is 23.2. The number of aryl methyl sites for hydroxylation is 2. The van der Waals surface area contributed by atoms with Crippen LogP contribution in [0, 0.1) is 40.4 Å². The number of rotatable bonds is 18. The Balaban J connectivity index is 0.925. The smallest absolute Gasteiger partial charge is 0.246 e. The van der Waals surface area contributed by atoms with E-state index in [0.29, 0.717) is 34.7 Å². The van der Waals surface area contributed by atoms with Crippen LogP contribution in [-0.2, 0) is 20.8 Å². The Morgan fingerprint density at radius 2 is 1.64 bits per heavy atom. The summed E-state index contributed by atoms with van der Waals surface area (Å²) in [5, 5.41) is 26.3. The number of amides is 3. The Morgan fingerprint density at radius 1 is 0.970 bits per heavy atom. The van der Waals surface area contributed by atoms with Gasteiger partial charge in [0.2, 0.25) is 17.7 Å². The number of Topliss-reactive ketones (excluding diaryl/α,β-unsaturated/α-hetero) is 1. The van der Waals surface area contributed by atoms with Crippen LogP contribution in [0.5, 0.6) is 5.75 Å². The number of carbonyl (C=O) groups is 4. The molecule has 1 aliphatic carbocycles. The second-order valence-corrected chi connectivity index (χ2v) is 21.8. The third-order valence-corrected chi connectivity index (χ3v) is 15.1. The fourth-order valence-corrected chi connectivity index (χ4v) is 11.2. The van der Waals surface area contributed by atoms with Gasteiger partial charge in [-0.1, -0.05) is 121 Å². The zero-order chi connectivity index (χ0) is 48.1. The van der Waals surface area contributed by atoms with Crippen molar-refractivity contribution in [3.05, 3.63) is 105 Å². The van der Waals surface area contributed by atoms with Crippen LogP contribution >= 0.6 is 22.9 Å². The van der Waals surface area contributed by atoms with Crippen LogP contribution in [0.2, 0.25) is 5.02 Å². The number of ether oxygens (including phenoxy) is 1. The Bertz CT molecular complexity index is 2400. The molecule has 1 saturated carbocycles. The van der Waals surface area contributed by atoms with Crippen molar-refractivity contribution in [2.45, 2.75) is 144 Å². The van der Waals surface area contributed by atoms with Crippen molar-refractivity contribution in [3.8, 4) is 22.3 Å². The van der Waals surface area contributed by atoms with E-state index in [9.17, 15) is 29.5 Å². The second-order valence-electron chi connectivity index (χ2n) is 20.6. The molecule has 2 aliphatic rings. The van der Waals surface area contributed by atoms with Gasteiger partial charge in [0.25, 0.3) is 0 Å². The van der Waals surface area contributed by atoms with Crippen LogP contribution in [0.25, 0.3) is 10.4 Å². The number of carbonyl (C=O) groups excluding carboxylic acids is 4. The fourth-order valence-electron chi connectivity index (χ4n) is 10.2. The molecule has 0 bridgehead atoms. The number of unbranched alkanes of at least 4 members (excludes halogenated alkanes) is 3. The minimum atomic E-state index is -0.876. The minimum absolute atomic E-state index is 0.0165. The van der Waals surface area contributed by atoms with Crippen LogP contribution in [0.15, 0.2) is 72.2 Å². The van der Waals surface area contributed by atoms with Crippen molar-refractivity contribution in [1.82, 2.24) is 20.5 Å². The fraction of sp³-hybridized carbons (Fsp3) is 0.509. The highest BCUT2D eigenvalue weighted by Crippen LogP contribution is 2.61. The molecule has 4 aromatic rings. The summed E-state index contributed by atoms with van der Waals surface area (Å²) in [7, 11) is 0. The lowest BCUT2D eigenvalue weighted by molar-refractivity contribution is -0.196. The number of nitrogens with zero attached hydrogens (tertiary/aromatic N) is 3. The Kier molecular flexibility index (Phi) is 15.9. The summed E-state index contributed by atoms with van der Waals surface area (Å²) in [5.74, 6) is -0.117. The van der Waals surface area contributed by atoms with Gasteiger partial charge in [-0.2, -0.15) is 5.26 Å². The molecule has 0 spiro atoms. The van der Waals surface area contributed by atoms with Gasteiger partial charge in [-0.3, -0.25) is 19.2 Å². The van der Waals surface area contributed by atoms with Gasteiger partial charge >= 0.3 is 0 Å². The molecule has 3 N–H and O–H groups in total. The van der Waals surface area contributed by atoms with Crippen LogP contribution < -0.4 is 15.4 Å². The number of benzene rings is 3. The molecule has 0 radical (unpaired) electrons. The van der Waals surface area contributed by atoms with Gasteiger partial charge in [0.15, 0.2) is 5.78 Å². The Morgan fingerprint density at radius 3 is 2.24 bits per heavy atom. The maximum atomic E-state index is 14.1. The normalized spacial score (nSPS) is 20.7. The molecule has 4 atom stereocenters. The van der Waals surface area contributed by atoms with Crippen LogP contribution in [-0.4, -0.2) is 69.3 Å². The lowest BCUT2D eigenvalue weighted by atomic mass is 9.44. The van der Waals surface area contributed by atoms with Crippen molar-refractivity contribution in [1.29, 1.82) is 5.26 Å². The number of likely N-dealkylation sites (tertiary alicyclic amines) is 1. The van der Waals surface area contributed by atoms with E-state index >= 15 is 0 Å². The first-order valence-corrected chi connectivity index (χ1v) is 24.4. The van der Waals surface area contributed by atoms with Crippen molar-refractivity contribution >= 4 is 46.4 Å². The molecule has 1 aliphatic heterocycles. The first-order chi connectivity index (χ1) is 31.1. The number of nitrogens with one attached hydrogen (secondary N) is 2. The summed E-state index contributed by atoms with van der Waals surface area (Å²) in [5.41, 5.74) is 5.85. The van der Waals surface area contributed by atoms with Crippen LogP contribution in [0.3, 0.4) is 0 Å². The summed E-state index contributed by atoms with van der Waals surface area (Å²) in [6, 6.07) is 21.0. The van der Waals surface area contributed by atoms with Gasteiger partial charge in [0.05, 0.1) is 38.8 Å². The van der Waals surface area contributed by atoms with E-state index in [4.69, 9.17) is 16.3 Å². The zero-order valence-electron chi connectivity index (χ0n) is 39.9. The van der Waals surface area contributed by atoms with Crippen molar-refractivity contribution < 1.29 is 29.0 Å². The third kappa shape index (κ3) is 11.5. The SMILES string of the molecule is Cc1ncsc1-c1ccc([C@H](C)NC(=O)C2C[C@@H](O)CN2C(=O)[C@@H](NC(=O)CCCCCCc2ccc(C(=O)C[C@H]3C(C)(C)[C@H](Oc4ccc(C#N)c(Cl)c4)C3(C)C)cc2)C(C)(C)C)cc1. The molecule has 3 aromatic carbocycles. The zero-order valence-corrected chi connectivity index (χ0v) is 41.4. The van der Waals surface area contributed by atoms with Gasteiger partial charge in [-0.05, 0) is 73.3 Å². The number of aromatic nitrogens is 1. The van der Waals surface area contributed by atoms with E-state index in [2.05, 4.69) is 49.4 Å². The second kappa shape index (κ2) is 20.8. The topological polar surface area (TPSA) is 162 Å². The molecule has 66 heavy (non-hydrogen) atoms. The molecule has 1 aromatic heterocycles. The lowest BCUT2D eigenvalue weighted by Gasteiger charge is -2.63. The number of aliphatic hydroxyl groups excluding tert-OH is 1. The third-order valence-electron chi connectivity index (χ3n) is 13.8. The highest BCUT2D eigenvalue weighted by Gasteiger charge is 2.63. The summed E-state index contributed by atoms with van der Waals surface area (Å²) in [6.07, 6.45) is 4.05. The quantitative estimate of drug-likeness (QED) is 0.0656. The van der Waals surface area contributed by atoms with Crippen molar-refractivity contribution in [3.63, 3.8) is 0 Å². The number of thiazole rings is 1. The Labute approximate surface area is 399 Å². The molecule has 3 amide bonds. The number of nitriles is 1. The monoisotopic (exact) mass is 935 g/mol. The molecule has 11 nitrogen and oxygen atoms in total. The maximum absolute atomic E-state index is 14.1. The molecule has 13 heteroatoms. The van der Waals surface area contributed by atoms with Crippen molar-refractivity contribution in [2.24, 2.45) is 22.2 Å². The van der Waals surface area contributed by atoms with Gasteiger partial charge in [-0.25, -0.2) is 4.98 Å². The highest BCUT2D eigenvalue weighted by molar-refractivity contribution is 7.13. The summed E-state index contributed by atoms with van der Waals surface area (Å²) in [6.45, 7) is 18.1. The molecule has 352 valence electrons. The van der Waals surface area contributed by atoms with Gasteiger partial charge in [0.1, 0.15) is 30.0 Å².